The normalized spacial score (nSPS) is 11.0. The van der Waals surface area contributed by atoms with Crippen LogP contribution in [0.1, 0.15) is 26.7 Å². The van der Waals surface area contributed by atoms with E-state index in [4.69, 9.17) is 16.3 Å². The van der Waals surface area contributed by atoms with E-state index in [9.17, 15) is 14.4 Å². The van der Waals surface area contributed by atoms with Crippen LogP contribution in [0.2, 0.25) is 0 Å². The van der Waals surface area contributed by atoms with Gasteiger partial charge in [-0.15, -0.1) is 0 Å². The smallest absolute Gasteiger partial charge is 0.313 e. The maximum atomic E-state index is 10.9. The summed E-state index contributed by atoms with van der Waals surface area (Å²) in [6, 6.07) is 0. The molecule has 5 heteroatoms. The highest BCUT2D eigenvalue weighted by Gasteiger charge is 2.05. The highest BCUT2D eigenvalue weighted by molar-refractivity contribution is 6.63. The zero-order valence-electron chi connectivity index (χ0n) is 8.71. The van der Waals surface area contributed by atoms with Gasteiger partial charge in [0.05, 0.1) is 0 Å². The lowest BCUT2D eigenvalue weighted by atomic mass is 10.2. The molecule has 0 heterocycles. The van der Waals surface area contributed by atoms with Crippen molar-refractivity contribution in [1.29, 1.82) is 0 Å². The van der Waals surface area contributed by atoms with Crippen LogP contribution in [-0.4, -0.2) is 23.6 Å². The number of halogens is 1. The van der Waals surface area contributed by atoms with E-state index in [0.29, 0.717) is 0 Å². The van der Waals surface area contributed by atoms with Crippen LogP contribution in [0.5, 0.6) is 0 Å². The van der Waals surface area contributed by atoms with Crippen molar-refractivity contribution in [1.82, 2.24) is 0 Å². The maximum absolute atomic E-state index is 10.9. The second kappa shape index (κ2) is 7.17. The molecule has 15 heavy (non-hydrogen) atoms. The van der Waals surface area contributed by atoms with Crippen molar-refractivity contribution in [3.05, 3.63) is 11.6 Å². The van der Waals surface area contributed by atoms with Gasteiger partial charge in [-0.2, -0.15) is 0 Å². The van der Waals surface area contributed by atoms with Crippen molar-refractivity contribution in [3.8, 4) is 0 Å². The molecule has 0 fully saturated rings. The van der Waals surface area contributed by atoms with E-state index in [-0.39, 0.29) is 25.2 Å². The number of allylic oxidation sites excluding steroid dienone is 1. The molecule has 0 aliphatic carbocycles. The topological polar surface area (TPSA) is 60.4 Å². The number of carbonyl (C=O) groups excluding carboxylic acids is 3. The molecule has 0 aromatic rings. The van der Waals surface area contributed by atoms with Gasteiger partial charge >= 0.3 is 5.97 Å². The van der Waals surface area contributed by atoms with Crippen LogP contribution < -0.4 is 0 Å². The highest BCUT2D eigenvalue weighted by atomic mass is 35.5. The molecule has 0 aliphatic heterocycles. The first-order chi connectivity index (χ1) is 6.91. The van der Waals surface area contributed by atoms with Gasteiger partial charge in [-0.1, -0.05) is 5.57 Å². The van der Waals surface area contributed by atoms with E-state index in [2.05, 4.69) is 0 Å². The number of rotatable bonds is 6. The Morgan fingerprint density at radius 2 is 1.80 bits per heavy atom. The molecule has 0 unspecified atom stereocenters. The average Bonchev–Trinajstić information content (AvgIpc) is 2.00. The fourth-order valence-corrected chi connectivity index (χ4v) is 1.03. The van der Waals surface area contributed by atoms with Gasteiger partial charge in [-0.05, 0) is 31.5 Å². The molecule has 0 N–H and O–H groups in total. The minimum Gasteiger partial charge on any atom is -0.461 e. The summed E-state index contributed by atoms with van der Waals surface area (Å²) in [6.07, 6.45) is 1.49. The number of ketones is 1. The van der Waals surface area contributed by atoms with Gasteiger partial charge in [-0.25, -0.2) is 0 Å². The van der Waals surface area contributed by atoms with Gasteiger partial charge in [0.1, 0.15) is 18.8 Å². The minimum absolute atomic E-state index is 0.0577. The predicted molar refractivity (Wildman–Crippen MR) is 55.5 cm³/mol. The maximum Gasteiger partial charge on any atom is 0.313 e. The zero-order chi connectivity index (χ0) is 11.8. The number of esters is 1. The Balaban J connectivity index is 3.81. The first-order valence-corrected chi connectivity index (χ1v) is 4.78. The van der Waals surface area contributed by atoms with Crippen LogP contribution in [0.25, 0.3) is 0 Å². The SMILES string of the molecule is CC(=O)CC(=O)OCC=C(C)CC(=O)Cl. The second-order valence-electron chi connectivity index (χ2n) is 3.14. The Kier molecular flexibility index (Phi) is 6.62. The van der Waals surface area contributed by atoms with Gasteiger partial charge in [0.15, 0.2) is 0 Å². The fourth-order valence-electron chi connectivity index (χ4n) is 0.823. The first kappa shape index (κ1) is 13.8. The number of ether oxygens (including phenoxy) is 1. The summed E-state index contributed by atoms with van der Waals surface area (Å²) in [7, 11) is 0. The Bertz CT molecular complexity index is 294. The van der Waals surface area contributed by atoms with Gasteiger partial charge in [0.2, 0.25) is 5.24 Å². The Morgan fingerprint density at radius 1 is 1.20 bits per heavy atom. The van der Waals surface area contributed by atoms with Gasteiger partial charge < -0.3 is 4.74 Å². The third kappa shape index (κ3) is 9.15. The lowest BCUT2D eigenvalue weighted by molar-refractivity contribution is -0.144. The molecular formula is C10H13ClO4. The molecule has 0 amide bonds. The van der Waals surface area contributed by atoms with E-state index >= 15 is 0 Å². The van der Waals surface area contributed by atoms with Gasteiger partial charge in [-0.3, -0.25) is 14.4 Å². The van der Waals surface area contributed by atoms with Crippen LogP contribution >= 0.6 is 11.6 Å². The number of Topliss-reactive ketones (excluding diaryl/α,β-unsaturated/α-hetero) is 1. The molecule has 0 bridgehead atoms. The van der Waals surface area contributed by atoms with Crippen LogP contribution in [0.15, 0.2) is 11.6 Å². The Morgan fingerprint density at radius 3 is 2.27 bits per heavy atom. The predicted octanol–water partition coefficient (Wildman–Crippen LogP) is 1.61. The van der Waals surface area contributed by atoms with Crippen molar-refractivity contribution >= 4 is 28.6 Å². The molecule has 0 saturated heterocycles. The summed E-state index contributed by atoms with van der Waals surface area (Å²) in [6.45, 7) is 3.08. The zero-order valence-corrected chi connectivity index (χ0v) is 9.47. The first-order valence-electron chi connectivity index (χ1n) is 4.41. The molecule has 0 aromatic carbocycles. The summed E-state index contributed by atoms with van der Waals surface area (Å²) in [4.78, 5) is 31.9. The van der Waals surface area contributed by atoms with Crippen molar-refractivity contribution in [2.75, 3.05) is 6.61 Å². The van der Waals surface area contributed by atoms with Crippen molar-refractivity contribution < 1.29 is 19.1 Å². The van der Waals surface area contributed by atoms with Crippen molar-refractivity contribution in [2.24, 2.45) is 0 Å². The molecular weight excluding hydrogens is 220 g/mol. The number of carbonyl (C=O) groups is 3. The third-order valence-corrected chi connectivity index (χ3v) is 1.62. The largest absolute Gasteiger partial charge is 0.461 e. The van der Waals surface area contributed by atoms with Crippen molar-refractivity contribution in [3.63, 3.8) is 0 Å². The lowest BCUT2D eigenvalue weighted by Gasteiger charge is -2.00. The van der Waals surface area contributed by atoms with E-state index in [1.54, 1.807) is 13.0 Å². The van der Waals surface area contributed by atoms with Gasteiger partial charge in [0.25, 0.3) is 0 Å². The Hall–Kier alpha value is -1.16. The van der Waals surface area contributed by atoms with Crippen LogP contribution in [0.4, 0.5) is 0 Å². The molecule has 0 aliphatic rings. The third-order valence-electron chi connectivity index (χ3n) is 1.49. The molecule has 0 saturated carbocycles. The van der Waals surface area contributed by atoms with Crippen LogP contribution in [0.3, 0.4) is 0 Å². The Labute approximate surface area is 93.2 Å². The molecule has 0 atom stereocenters. The molecule has 0 aromatic heterocycles. The van der Waals surface area contributed by atoms with E-state index < -0.39 is 11.2 Å². The quantitative estimate of drug-likeness (QED) is 0.302. The van der Waals surface area contributed by atoms with Crippen LogP contribution in [0, 0.1) is 0 Å². The summed E-state index contributed by atoms with van der Waals surface area (Å²) in [5.41, 5.74) is 0.727. The minimum atomic E-state index is -0.566. The number of hydrogen-bond acceptors (Lipinski definition) is 4. The molecule has 0 radical (unpaired) electrons. The van der Waals surface area contributed by atoms with Gasteiger partial charge in [0, 0.05) is 6.42 Å². The summed E-state index contributed by atoms with van der Waals surface area (Å²) >= 11 is 5.15. The number of hydrogen-bond donors (Lipinski definition) is 0. The standard InChI is InChI=1S/C10H13ClO4/c1-7(5-9(11)13)3-4-15-10(14)6-8(2)12/h3H,4-6H2,1-2H3. The van der Waals surface area contributed by atoms with Crippen molar-refractivity contribution in [2.45, 2.75) is 26.7 Å². The summed E-state index contributed by atoms with van der Waals surface area (Å²) in [5.74, 6) is -0.805. The molecule has 84 valence electrons. The highest BCUT2D eigenvalue weighted by Crippen LogP contribution is 2.02. The summed E-state index contributed by atoms with van der Waals surface area (Å²) < 4.78 is 4.71. The monoisotopic (exact) mass is 232 g/mol. The van der Waals surface area contributed by atoms with Crippen LogP contribution in [-0.2, 0) is 19.1 Å². The summed E-state index contributed by atoms with van der Waals surface area (Å²) in [5, 5.41) is -0.459. The fraction of sp³-hybridized carbons (Fsp3) is 0.500. The van der Waals surface area contributed by atoms with E-state index in [0.717, 1.165) is 5.57 Å². The van der Waals surface area contributed by atoms with E-state index in [1.165, 1.54) is 6.92 Å². The second-order valence-corrected chi connectivity index (χ2v) is 3.57. The average molecular weight is 233 g/mol. The molecule has 0 spiro atoms. The van der Waals surface area contributed by atoms with E-state index in [1.807, 2.05) is 0 Å². The molecule has 4 nitrogen and oxygen atoms in total. The lowest BCUT2D eigenvalue weighted by Crippen LogP contribution is -2.09. The molecule has 0 rings (SSSR count).